The summed E-state index contributed by atoms with van der Waals surface area (Å²) in [7, 11) is 0. The van der Waals surface area contributed by atoms with Crippen molar-refractivity contribution in [2.24, 2.45) is 0 Å². The van der Waals surface area contributed by atoms with E-state index >= 15 is 0 Å². The Labute approximate surface area is 155 Å². The summed E-state index contributed by atoms with van der Waals surface area (Å²) in [6.45, 7) is 1.97. The Kier molecular flexibility index (Phi) is 5.06. The minimum atomic E-state index is -0.865. The Morgan fingerprint density at radius 3 is 2.44 bits per heavy atom. The molecule has 0 spiro atoms. The molecule has 3 aromatic rings. The van der Waals surface area contributed by atoms with Crippen LogP contribution in [0.15, 0.2) is 41.1 Å². The molecule has 25 heavy (non-hydrogen) atoms. The van der Waals surface area contributed by atoms with Gasteiger partial charge in [-0.2, -0.15) is 0 Å². The SMILES string of the molecule is CCOc1cc(F)c(-c2c(Cl)nc(Br)n2-c2cccc(F)c2)c(F)c1. The zero-order valence-corrected chi connectivity index (χ0v) is 15.2. The van der Waals surface area contributed by atoms with E-state index < -0.39 is 17.5 Å². The van der Waals surface area contributed by atoms with Crippen molar-refractivity contribution in [1.29, 1.82) is 0 Å². The molecule has 0 amide bonds. The number of nitrogens with zero attached hydrogens (tertiary/aromatic N) is 2. The van der Waals surface area contributed by atoms with Crippen LogP contribution in [0.2, 0.25) is 5.15 Å². The Hall–Kier alpha value is -1.99. The van der Waals surface area contributed by atoms with Crippen LogP contribution in [0, 0.1) is 17.5 Å². The maximum absolute atomic E-state index is 14.6. The first kappa shape index (κ1) is 17.8. The number of rotatable bonds is 4. The van der Waals surface area contributed by atoms with E-state index in [4.69, 9.17) is 16.3 Å². The number of benzene rings is 2. The molecule has 0 bridgehead atoms. The lowest BCUT2D eigenvalue weighted by Crippen LogP contribution is -2.02. The first-order chi connectivity index (χ1) is 11.9. The summed E-state index contributed by atoms with van der Waals surface area (Å²) in [5.74, 6) is -2.17. The smallest absolute Gasteiger partial charge is 0.183 e. The summed E-state index contributed by atoms with van der Waals surface area (Å²) in [5.41, 5.74) is -0.0953. The third-order valence-electron chi connectivity index (χ3n) is 3.42. The monoisotopic (exact) mass is 430 g/mol. The molecule has 0 fully saturated rings. The lowest BCUT2D eigenvalue weighted by molar-refractivity contribution is 0.336. The van der Waals surface area contributed by atoms with Crippen molar-refractivity contribution >= 4 is 27.5 Å². The van der Waals surface area contributed by atoms with Gasteiger partial charge in [0.15, 0.2) is 9.89 Å². The Morgan fingerprint density at radius 1 is 1.16 bits per heavy atom. The van der Waals surface area contributed by atoms with Gasteiger partial charge in [-0.25, -0.2) is 18.2 Å². The van der Waals surface area contributed by atoms with Crippen LogP contribution in [-0.2, 0) is 0 Å². The van der Waals surface area contributed by atoms with Crippen molar-refractivity contribution < 1.29 is 17.9 Å². The molecule has 1 heterocycles. The van der Waals surface area contributed by atoms with E-state index in [9.17, 15) is 13.2 Å². The number of aromatic nitrogens is 2. The molecule has 0 saturated carbocycles. The van der Waals surface area contributed by atoms with E-state index in [1.165, 1.54) is 22.8 Å². The molecule has 130 valence electrons. The van der Waals surface area contributed by atoms with Gasteiger partial charge in [0.25, 0.3) is 0 Å². The van der Waals surface area contributed by atoms with Gasteiger partial charge in [-0.1, -0.05) is 17.7 Å². The zero-order chi connectivity index (χ0) is 18.1. The van der Waals surface area contributed by atoms with Crippen LogP contribution >= 0.6 is 27.5 Å². The highest BCUT2D eigenvalue weighted by Gasteiger charge is 2.24. The molecule has 0 N–H and O–H groups in total. The van der Waals surface area contributed by atoms with Gasteiger partial charge in [0.1, 0.15) is 23.2 Å². The molecule has 2 aromatic carbocycles. The van der Waals surface area contributed by atoms with E-state index in [-0.39, 0.29) is 33.5 Å². The number of hydrogen-bond acceptors (Lipinski definition) is 2. The molecule has 0 atom stereocenters. The van der Waals surface area contributed by atoms with Crippen LogP contribution in [0.5, 0.6) is 5.75 Å². The van der Waals surface area contributed by atoms with Crippen molar-refractivity contribution in [2.45, 2.75) is 6.92 Å². The van der Waals surface area contributed by atoms with E-state index in [0.29, 0.717) is 5.69 Å². The summed E-state index contributed by atoms with van der Waals surface area (Å²) in [5, 5.41) is -0.127. The highest BCUT2D eigenvalue weighted by atomic mass is 79.9. The van der Waals surface area contributed by atoms with Crippen molar-refractivity contribution in [3.8, 4) is 22.7 Å². The van der Waals surface area contributed by atoms with E-state index in [2.05, 4.69) is 20.9 Å². The maximum atomic E-state index is 14.6. The number of ether oxygens (including phenoxy) is 1. The fourth-order valence-corrected chi connectivity index (χ4v) is 3.38. The fourth-order valence-electron chi connectivity index (χ4n) is 2.46. The van der Waals surface area contributed by atoms with Crippen LogP contribution in [0.25, 0.3) is 16.9 Å². The van der Waals surface area contributed by atoms with Crippen LogP contribution < -0.4 is 4.74 Å². The number of imidazole rings is 1. The number of halogens is 5. The summed E-state index contributed by atoms with van der Waals surface area (Å²) in [6.07, 6.45) is 0. The molecule has 3 nitrogen and oxygen atoms in total. The Morgan fingerprint density at radius 2 is 1.84 bits per heavy atom. The summed E-state index contributed by atoms with van der Waals surface area (Å²) >= 11 is 9.29. The van der Waals surface area contributed by atoms with Crippen molar-refractivity contribution in [2.75, 3.05) is 6.61 Å². The predicted molar refractivity (Wildman–Crippen MR) is 92.8 cm³/mol. The third kappa shape index (κ3) is 3.39. The maximum Gasteiger partial charge on any atom is 0.183 e. The van der Waals surface area contributed by atoms with Crippen LogP contribution in [-0.4, -0.2) is 16.2 Å². The highest BCUT2D eigenvalue weighted by molar-refractivity contribution is 9.10. The standard InChI is InChI=1S/C17H11BrClF3N2O/c1-2-25-11-7-12(21)14(13(22)8-11)15-16(19)23-17(18)24(15)10-5-3-4-9(20)6-10/h3-8H,2H2,1H3. The van der Waals surface area contributed by atoms with Gasteiger partial charge in [0.05, 0.1) is 23.6 Å². The Bertz CT molecular complexity index is 923. The molecule has 0 radical (unpaired) electrons. The van der Waals surface area contributed by atoms with Crippen molar-refractivity contribution in [3.63, 3.8) is 0 Å². The van der Waals surface area contributed by atoms with Gasteiger partial charge < -0.3 is 4.74 Å². The minimum Gasteiger partial charge on any atom is -0.494 e. The van der Waals surface area contributed by atoms with E-state index in [0.717, 1.165) is 12.1 Å². The van der Waals surface area contributed by atoms with Gasteiger partial charge in [-0.05, 0) is 41.1 Å². The zero-order valence-electron chi connectivity index (χ0n) is 12.9. The second-order valence-corrected chi connectivity index (χ2v) is 6.10. The lowest BCUT2D eigenvalue weighted by atomic mass is 10.1. The van der Waals surface area contributed by atoms with Crippen LogP contribution in [0.4, 0.5) is 13.2 Å². The Balaban J connectivity index is 2.26. The predicted octanol–water partition coefficient (Wildman–Crippen LogP) is 5.77. The highest BCUT2D eigenvalue weighted by Crippen LogP contribution is 2.38. The van der Waals surface area contributed by atoms with Crippen molar-refractivity contribution in [1.82, 2.24) is 9.55 Å². The summed E-state index contributed by atoms with van der Waals surface area (Å²) < 4.78 is 49.4. The third-order valence-corrected chi connectivity index (χ3v) is 4.22. The van der Waals surface area contributed by atoms with E-state index in [1.807, 2.05) is 0 Å². The number of hydrogen-bond donors (Lipinski definition) is 0. The van der Waals surface area contributed by atoms with Gasteiger partial charge in [-0.15, -0.1) is 0 Å². The summed E-state index contributed by atoms with van der Waals surface area (Å²) in [4.78, 5) is 3.99. The van der Waals surface area contributed by atoms with E-state index in [1.54, 1.807) is 13.0 Å². The molecule has 1 aromatic heterocycles. The molecule has 8 heteroatoms. The first-order valence-electron chi connectivity index (χ1n) is 7.24. The van der Waals surface area contributed by atoms with Gasteiger partial charge in [0.2, 0.25) is 0 Å². The minimum absolute atomic E-state index is 0.0304. The topological polar surface area (TPSA) is 27.1 Å². The molecule has 0 aliphatic rings. The largest absolute Gasteiger partial charge is 0.494 e. The fraction of sp³-hybridized carbons (Fsp3) is 0.118. The lowest BCUT2D eigenvalue weighted by Gasteiger charge is -2.13. The van der Waals surface area contributed by atoms with Crippen LogP contribution in [0.3, 0.4) is 0 Å². The molecule has 0 aliphatic carbocycles. The molecule has 0 aliphatic heterocycles. The average Bonchev–Trinajstić information content (AvgIpc) is 2.81. The quantitative estimate of drug-likeness (QED) is 0.524. The van der Waals surface area contributed by atoms with Crippen molar-refractivity contribution in [3.05, 3.63) is 63.7 Å². The second kappa shape index (κ2) is 7.09. The van der Waals surface area contributed by atoms with Gasteiger partial charge >= 0.3 is 0 Å². The molecule has 3 rings (SSSR count). The summed E-state index contributed by atoms with van der Waals surface area (Å²) in [6, 6.07) is 7.63. The van der Waals surface area contributed by atoms with Crippen LogP contribution in [0.1, 0.15) is 6.92 Å². The molecule has 0 saturated heterocycles. The van der Waals surface area contributed by atoms with Gasteiger partial charge in [0, 0.05) is 12.1 Å². The van der Waals surface area contributed by atoms with Gasteiger partial charge in [-0.3, -0.25) is 4.57 Å². The molecule has 0 unspecified atom stereocenters. The molecular weight excluding hydrogens is 421 g/mol. The average molecular weight is 432 g/mol. The first-order valence-corrected chi connectivity index (χ1v) is 8.41. The second-order valence-electron chi connectivity index (χ2n) is 5.03. The normalized spacial score (nSPS) is 11.0. The molecular formula is C17H11BrClF3N2O.